The summed E-state index contributed by atoms with van der Waals surface area (Å²) in [6, 6.07) is 34.1. The van der Waals surface area contributed by atoms with Crippen LogP contribution >= 0.6 is 34.0 Å². The molecule has 0 N–H and O–H groups in total. The largest absolute Gasteiger partial charge is 0.378 e. The van der Waals surface area contributed by atoms with Crippen molar-refractivity contribution in [2.24, 2.45) is 0 Å². The first kappa shape index (κ1) is 27.0. The SMILES string of the molecule is CN(C)c1ccc(-c2cc3c(s2)c2cc(-c4ccc(N(C)C)cc4)sc2c2cc(-c4ccc(N(C)C)cc4)sc32)cc1. The minimum Gasteiger partial charge on any atom is -0.378 e. The zero-order valence-corrected chi connectivity index (χ0v) is 27.2. The van der Waals surface area contributed by atoms with Crippen LogP contribution in [-0.2, 0) is 0 Å². The van der Waals surface area contributed by atoms with Gasteiger partial charge in [-0.3, -0.25) is 0 Å². The molecule has 0 saturated heterocycles. The standard InChI is InChI=1S/C36H33N3S3/c1-37(2)25-13-7-22(8-14-25)31-19-28-34(40-31)29-20-32(23-9-15-26(16-10-23)38(3)4)42-36(29)30-21-33(41-35(28)30)24-11-17-27(18-12-24)39(5)6/h7-21H,1-6H3. The summed E-state index contributed by atoms with van der Waals surface area (Å²) in [4.78, 5) is 10.4. The molecular weight excluding hydrogens is 571 g/mol. The average molecular weight is 604 g/mol. The van der Waals surface area contributed by atoms with Crippen molar-refractivity contribution in [2.45, 2.75) is 0 Å². The fraction of sp³-hybridized carbons (Fsp3) is 0.167. The van der Waals surface area contributed by atoms with Gasteiger partial charge in [-0.2, -0.15) is 0 Å². The molecule has 0 unspecified atom stereocenters. The van der Waals surface area contributed by atoms with Gasteiger partial charge in [-0.25, -0.2) is 0 Å². The number of thiophene rings is 3. The van der Waals surface area contributed by atoms with Crippen molar-refractivity contribution < 1.29 is 0 Å². The third-order valence-corrected chi connectivity index (χ3v) is 11.6. The van der Waals surface area contributed by atoms with Crippen molar-refractivity contribution in [1.29, 1.82) is 0 Å². The van der Waals surface area contributed by atoms with E-state index in [9.17, 15) is 0 Å². The summed E-state index contributed by atoms with van der Waals surface area (Å²) in [6.45, 7) is 0. The molecule has 210 valence electrons. The fourth-order valence-electron chi connectivity index (χ4n) is 5.48. The van der Waals surface area contributed by atoms with Crippen LogP contribution in [0, 0.1) is 0 Å². The summed E-state index contributed by atoms with van der Waals surface area (Å²) >= 11 is 5.76. The van der Waals surface area contributed by atoms with Crippen molar-refractivity contribution >= 4 is 81.3 Å². The highest BCUT2D eigenvalue weighted by Gasteiger charge is 2.19. The molecule has 42 heavy (non-hydrogen) atoms. The van der Waals surface area contributed by atoms with Gasteiger partial charge in [0.1, 0.15) is 0 Å². The molecule has 0 radical (unpaired) electrons. The third-order valence-electron chi connectivity index (χ3n) is 7.93. The predicted molar refractivity (Wildman–Crippen MR) is 192 cm³/mol. The fourth-order valence-corrected chi connectivity index (χ4v) is 9.25. The van der Waals surface area contributed by atoms with E-state index in [2.05, 4.69) is 148 Å². The second-order valence-corrected chi connectivity index (χ2v) is 14.5. The van der Waals surface area contributed by atoms with E-state index in [-0.39, 0.29) is 0 Å². The lowest BCUT2D eigenvalue weighted by Crippen LogP contribution is -2.07. The van der Waals surface area contributed by atoms with Crippen molar-refractivity contribution in [3.8, 4) is 31.3 Å². The summed E-state index contributed by atoms with van der Waals surface area (Å²) in [5.74, 6) is 0. The molecule has 3 heterocycles. The number of rotatable bonds is 6. The lowest BCUT2D eigenvalue weighted by atomic mass is 10.1. The maximum Gasteiger partial charge on any atom is 0.0451 e. The zero-order valence-electron chi connectivity index (χ0n) is 24.7. The van der Waals surface area contributed by atoms with Crippen LogP contribution in [0.5, 0.6) is 0 Å². The van der Waals surface area contributed by atoms with Crippen molar-refractivity contribution in [1.82, 2.24) is 0 Å². The maximum atomic E-state index is 2.42. The van der Waals surface area contributed by atoms with Gasteiger partial charge in [0.25, 0.3) is 0 Å². The van der Waals surface area contributed by atoms with Gasteiger partial charge in [0, 0.05) is 104 Å². The number of fused-ring (bicyclic) bond motifs is 6. The first-order valence-corrected chi connectivity index (χ1v) is 16.5. The van der Waals surface area contributed by atoms with Gasteiger partial charge in [0.05, 0.1) is 0 Å². The van der Waals surface area contributed by atoms with Crippen LogP contribution in [0.25, 0.3) is 61.6 Å². The summed E-state index contributed by atoms with van der Waals surface area (Å²) in [7, 11) is 12.5. The lowest BCUT2D eigenvalue weighted by molar-refractivity contribution is 1.13. The normalized spacial score (nSPS) is 11.6. The minimum atomic E-state index is 1.22. The van der Waals surface area contributed by atoms with E-state index in [0.717, 1.165) is 0 Å². The molecule has 0 atom stereocenters. The molecule has 7 aromatic rings. The van der Waals surface area contributed by atoms with Gasteiger partial charge >= 0.3 is 0 Å². The first-order chi connectivity index (χ1) is 20.3. The number of nitrogens with zero attached hydrogens (tertiary/aromatic N) is 3. The first-order valence-electron chi connectivity index (χ1n) is 14.0. The van der Waals surface area contributed by atoms with Gasteiger partial charge in [-0.05, 0) is 71.3 Å². The van der Waals surface area contributed by atoms with Crippen molar-refractivity contribution in [3.05, 3.63) is 91.0 Å². The van der Waals surface area contributed by atoms with Crippen LogP contribution in [0.15, 0.2) is 91.0 Å². The quantitative estimate of drug-likeness (QED) is 0.187. The second-order valence-electron chi connectivity index (χ2n) is 11.4. The molecule has 4 aromatic carbocycles. The van der Waals surface area contributed by atoms with E-state index in [1.54, 1.807) is 0 Å². The van der Waals surface area contributed by atoms with Gasteiger partial charge in [0.15, 0.2) is 0 Å². The van der Waals surface area contributed by atoms with Crippen LogP contribution in [0.2, 0.25) is 0 Å². The highest BCUT2D eigenvalue weighted by Crippen LogP contribution is 2.50. The van der Waals surface area contributed by atoms with E-state index < -0.39 is 0 Å². The Balaban J connectivity index is 1.44. The highest BCUT2D eigenvalue weighted by molar-refractivity contribution is 7.29. The smallest absolute Gasteiger partial charge is 0.0451 e. The van der Waals surface area contributed by atoms with E-state index in [1.165, 1.54) is 78.6 Å². The Bertz CT molecular complexity index is 1700. The van der Waals surface area contributed by atoms with E-state index >= 15 is 0 Å². The predicted octanol–water partition coefficient (Wildman–Crippen LogP) is 10.5. The molecule has 0 spiro atoms. The Kier molecular flexibility index (Phi) is 6.73. The molecule has 0 saturated carbocycles. The van der Waals surface area contributed by atoms with E-state index in [1.807, 2.05) is 34.0 Å². The Morgan fingerprint density at radius 1 is 0.357 bits per heavy atom. The molecule has 7 rings (SSSR count). The molecule has 3 nitrogen and oxygen atoms in total. The van der Waals surface area contributed by atoms with Gasteiger partial charge in [0.2, 0.25) is 0 Å². The third kappa shape index (κ3) is 4.64. The Hall–Kier alpha value is -3.84. The number of hydrogen-bond acceptors (Lipinski definition) is 6. The molecule has 0 aliphatic heterocycles. The molecule has 0 aliphatic rings. The molecule has 0 amide bonds. The summed E-state index contributed by atoms with van der Waals surface area (Å²) in [5, 5.41) is 4.09. The maximum absolute atomic E-state index is 2.42. The van der Waals surface area contributed by atoms with Gasteiger partial charge < -0.3 is 14.7 Å². The molecule has 3 aromatic heterocycles. The molecule has 0 aliphatic carbocycles. The van der Waals surface area contributed by atoms with Crippen LogP contribution < -0.4 is 14.7 Å². The Morgan fingerprint density at radius 3 is 0.810 bits per heavy atom. The monoisotopic (exact) mass is 603 g/mol. The van der Waals surface area contributed by atoms with Gasteiger partial charge in [-0.15, -0.1) is 34.0 Å². The molecule has 0 bridgehead atoms. The minimum absolute atomic E-state index is 1.22. The average Bonchev–Trinajstić information content (AvgIpc) is 3.74. The van der Waals surface area contributed by atoms with E-state index in [4.69, 9.17) is 0 Å². The topological polar surface area (TPSA) is 9.72 Å². The molecule has 0 fully saturated rings. The van der Waals surface area contributed by atoms with Crippen LogP contribution in [-0.4, -0.2) is 42.3 Å². The lowest BCUT2D eigenvalue weighted by Gasteiger charge is -2.12. The van der Waals surface area contributed by atoms with Gasteiger partial charge in [-0.1, -0.05) is 36.4 Å². The number of hydrogen-bond donors (Lipinski definition) is 0. The number of anilines is 3. The van der Waals surface area contributed by atoms with Crippen LogP contribution in [0.1, 0.15) is 0 Å². The molecule has 6 heteroatoms. The zero-order chi connectivity index (χ0) is 29.1. The Labute approximate surface area is 259 Å². The second kappa shape index (κ2) is 10.5. The van der Waals surface area contributed by atoms with Crippen LogP contribution in [0.4, 0.5) is 17.1 Å². The number of benzene rings is 4. The van der Waals surface area contributed by atoms with E-state index in [0.29, 0.717) is 0 Å². The summed E-state index contributed by atoms with van der Waals surface area (Å²) in [5.41, 5.74) is 7.47. The summed E-state index contributed by atoms with van der Waals surface area (Å²) < 4.78 is 4.15. The summed E-state index contributed by atoms with van der Waals surface area (Å²) in [6.07, 6.45) is 0. The molecular formula is C36H33N3S3. The highest BCUT2D eigenvalue weighted by atomic mass is 32.1. The van der Waals surface area contributed by atoms with Crippen LogP contribution in [0.3, 0.4) is 0 Å². The van der Waals surface area contributed by atoms with Crippen molar-refractivity contribution in [3.63, 3.8) is 0 Å². The Morgan fingerprint density at radius 2 is 0.595 bits per heavy atom. The van der Waals surface area contributed by atoms with Crippen molar-refractivity contribution in [2.75, 3.05) is 57.0 Å².